The van der Waals surface area contributed by atoms with Crippen LogP contribution in [0.15, 0.2) is 0 Å². The molecule has 140 valence electrons. The highest BCUT2D eigenvalue weighted by molar-refractivity contribution is 5.86. The fourth-order valence-corrected chi connectivity index (χ4v) is 4.17. The summed E-state index contributed by atoms with van der Waals surface area (Å²) in [7, 11) is 3.46. The molecule has 0 radical (unpaired) electrons. The molecule has 26 heavy (non-hydrogen) atoms. The first-order valence-electron chi connectivity index (χ1n) is 9.21. The summed E-state index contributed by atoms with van der Waals surface area (Å²) >= 11 is 0. The fraction of sp³-hybridized carbons (Fsp3) is 0.632. The van der Waals surface area contributed by atoms with Gasteiger partial charge in [-0.15, -0.1) is 5.10 Å². The quantitative estimate of drug-likeness (QED) is 0.876. The molecule has 2 aliphatic rings. The van der Waals surface area contributed by atoms with Crippen LogP contribution >= 0.6 is 0 Å². The molecule has 1 aliphatic heterocycles. The molecule has 1 N–H and O–H groups in total. The predicted octanol–water partition coefficient (Wildman–Crippen LogP) is 1.51. The van der Waals surface area contributed by atoms with Gasteiger partial charge in [-0.2, -0.15) is 0 Å². The number of aromatic nitrogens is 3. The molecule has 1 saturated heterocycles. The van der Waals surface area contributed by atoms with Gasteiger partial charge in [0, 0.05) is 19.2 Å². The first-order chi connectivity index (χ1) is 12.3. The fourth-order valence-electron chi connectivity index (χ4n) is 4.17. The number of fused-ring (bicyclic) bond motifs is 1. The Morgan fingerprint density at radius 1 is 1.35 bits per heavy atom. The van der Waals surface area contributed by atoms with E-state index < -0.39 is 5.60 Å². The van der Waals surface area contributed by atoms with Crippen LogP contribution in [0.25, 0.3) is 11.0 Å². The van der Waals surface area contributed by atoms with E-state index in [0.717, 1.165) is 40.7 Å². The average molecular weight is 358 g/mol. The maximum Gasteiger partial charge on any atom is 0.242 e. The number of rotatable bonds is 5. The number of carbonyl (C=O) groups excluding carboxylic acids is 1. The molecule has 0 bridgehead atoms. The van der Waals surface area contributed by atoms with Crippen molar-refractivity contribution in [1.82, 2.24) is 19.7 Å². The number of nitrogens with zero attached hydrogens (tertiary/aromatic N) is 4. The van der Waals surface area contributed by atoms with E-state index in [1.807, 2.05) is 20.9 Å². The van der Waals surface area contributed by atoms with E-state index in [9.17, 15) is 9.90 Å². The number of hydrogen-bond donors (Lipinski definition) is 1. The molecule has 2 aromatic rings. The minimum Gasteiger partial charge on any atom is -0.479 e. The zero-order chi connectivity index (χ0) is 18.6. The van der Waals surface area contributed by atoms with Gasteiger partial charge < -0.3 is 14.7 Å². The Morgan fingerprint density at radius 2 is 2.04 bits per heavy atom. The number of ether oxygens (including phenoxy) is 1. The van der Waals surface area contributed by atoms with Crippen LogP contribution in [0.1, 0.15) is 36.1 Å². The second-order valence-corrected chi connectivity index (χ2v) is 7.76. The third-order valence-corrected chi connectivity index (χ3v) is 5.92. The van der Waals surface area contributed by atoms with Crippen molar-refractivity contribution in [3.05, 3.63) is 16.8 Å². The molecule has 0 unspecified atom stereocenters. The lowest BCUT2D eigenvalue weighted by molar-refractivity contribution is -0.159. The normalized spacial score (nSPS) is 18.9. The highest BCUT2D eigenvalue weighted by Crippen LogP contribution is 2.44. The standard InChI is InChI=1S/C19H26N4O3/c1-11-14(12(2)20-17-16(11)18(26-4)21-22(17)3)7-8-15(24)23-9-19(25,10-23)13-5-6-13/h13,25H,5-10H2,1-4H3. The van der Waals surface area contributed by atoms with Crippen LogP contribution in [0, 0.1) is 19.8 Å². The van der Waals surface area contributed by atoms with E-state index in [4.69, 9.17) is 4.74 Å². The molecule has 4 rings (SSSR count). The number of aryl methyl sites for hydroxylation is 3. The van der Waals surface area contributed by atoms with Gasteiger partial charge in [-0.25, -0.2) is 9.67 Å². The van der Waals surface area contributed by atoms with Gasteiger partial charge in [-0.1, -0.05) is 0 Å². The van der Waals surface area contributed by atoms with Crippen LogP contribution in [0.2, 0.25) is 0 Å². The van der Waals surface area contributed by atoms with E-state index in [2.05, 4.69) is 10.1 Å². The molecule has 7 heteroatoms. The van der Waals surface area contributed by atoms with Crippen molar-refractivity contribution in [2.75, 3.05) is 20.2 Å². The SMILES string of the molecule is COc1nn(C)c2nc(C)c(CCC(=O)N3CC(O)(C4CC4)C3)c(C)c12. The third-order valence-electron chi connectivity index (χ3n) is 5.92. The van der Waals surface area contributed by atoms with Crippen molar-refractivity contribution in [2.24, 2.45) is 13.0 Å². The first kappa shape index (κ1) is 17.3. The van der Waals surface area contributed by atoms with Crippen LogP contribution in [-0.2, 0) is 18.3 Å². The van der Waals surface area contributed by atoms with Crippen LogP contribution in [0.3, 0.4) is 0 Å². The summed E-state index contributed by atoms with van der Waals surface area (Å²) in [4.78, 5) is 18.9. The lowest BCUT2D eigenvalue weighted by Gasteiger charge is -2.47. The molecule has 2 aromatic heterocycles. The Kier molecular flexibility index (Phi) is 3.95. The number of amides is 1. The second kappa shape index (κ2) is 5.94. The van der Waals surface area contributed by atoms with Gasteiger partial charge in [0.15, 0.2) is 5.65 Å². The van der Waals surface area contributed by atoms with Gasteiger partial charge in [-0.3, -0.25) is 4.79 Å². The van der Waals surface area contributed by atoms with Gasteiger partial charge in [0.1, 0.15) is 5.60 Å². The average Bonchev–Trinajstić information content (AvgIpc) is 3.37. The Bertz CT molecular complexity index is 879. The minimum absolute atomic E-state index is 0.104. The molecule has 3 heterocycles. The number of hydrogen-bond acceptors (Lipinski definition) is 5. The molecular formula is C19H26N4O3. The molecular weight excluding hydrogens is 332 g/mol. The Balaban J connectivity index is 1.49. The predicted molar refractivity (Wildman–Crippen MR) is 97.1 cm³/mol. The van der Waals surface area contributed by atoms with Crippen molar-refractivity contribution in [1.29, 1.82) is 0 Å². The summed E-state index contributed by atoms with van der Waals surface area (Å²) in [6, 6.07) is 0. The molecule has 0 aromatic carbocycles. The summed E-state index contributed by atoms with van der Waals surface area (Å²) in [5.41, 5.74) is 3.25. The van der Waals surface area contributed by atoms with Crippen molar-refractivity contribution < 1.29 is 14.6 Å². The minimum atomic E-state index is -0.620. The van der Waals surface area contributed by atoms with Gasteiger partial charge in [0.2, 0.25) is 11.8 Å². The monoisotopic (exact) mass is 358 g/mol. The van der Waals surface area contributed by atoms with Crippen LogP contribution in [0.5, 0.6) is 5.88 Å². The number of pyridine rings is 1. The van der Waals surface area contributed by atoms with Crippen molar-refractivity contribution >= 4 is 16.9 Å². The van der Waals surface area contributed by atoms with Crippen molar-refractivity contribution in [3.8, 4) is 5.88 Å². The summed E-state index contributed by atoms with van der Waals surface area (Å²) in [5, 5.41) is 15.7. The van der Waals surface area contributed by atoms with E-state index in [1.54, 1.807) is 16.7 Å². The highest BCUT2D eigenvalue weighted by atomic mass is 16.5. The lowest BCUT2D eigenvalue weighted by Crippen LogP contribution is -2.64. The summed E-state index contributed by atoms with van der Waals surface area (Å²) in [5.74, 6) is 1.07. The molecule has 7 nitrogen and oxygen atoms in total. The molecule has 0 spiro atoms. The second-order valence-electron chi connectivity index (χ2n) is 7.76. The van der Waals surface area contributed by atoms with Crippen LogP contribution in [-0.4, -0.2) is 56.5 Å². The molecule has 0 atom stereocenters. The molecule has 1 aliphatic carbocycles. The van der Waals surface area contributed by atoms with Gasteiger partial charge in [0.25, 0.3) is 0 Å². The Hall–Kier alpha value is -2.15. The Morgan fingerprint density at radius 3 is 2.65 bits per heavy atom. The largest absolute Gasteiger partial charge is 0.479 e. The van der Waals surface area contributed by atoms with E-state index in [0.29, 0.717) is 37.7 Å². The van der Waals surface area contributed by atoms with Gasteiger partial charge in [-0.05, 0) is 50.2 Å². The Labute approximate surface area is 153 Å². The maximum atomic E-state index is 12.5. The van der Waals surface area contributed by atoms with E-state index >= 15 is 0 Å². The smallest absolute Gasteiger partial charge is 0.242 e. The van der Waals surface area contributed by atoms with E-state index in [-0.39, 0.29) is 5.91 Å². The zero-order valence-corrected chi connectivity index (χ0v) is 15.9. The number of carbonyl (C=O) groups is 1. The third kappa shape index (κ3) is 2.65. The number of β-amino-alcohol motifs (C(OH)–C–C–N with tert-alkyl or cyclic N) is 1. The highest BCUT2D eigenvalue weighted by Gasteiger charge is 2.53. The summed E-state index contributed by atoms with van der Waals surface area (Å²) in [6.45, 7) is 4.99. The number of methoxy groups -OCH3 is 1. The van der Waals surface area contributed by atoms with Crippen LogP contribution in [0.4, 0.5) is 0 Å². The number of likely N-dealkylation sites (tertiary alicyclic amines) is 1. The van der Waals surface area contributed by atoms with Crippen molar-refractivity contribution in [2.45, 2.75) is 45.1 Å². The zero-order valence-electron chi connectivity index (χ0n) is 15.9. The first-order valence-corrected chi connectivity index (χ1v) is 9.21. The topological polar surface area (TPSA) is 80.5 Å². The number of aliphatic hydroxyl groups is 1. The maximum absolute atomic E-state index is 12.5. The summed E-state index contributed by atoms with van der Waals surface area (Å²) in [6.07, 6.45) is 3.25. The van der Waals surface area contributed by atoms with Gasteiger partial charge >= 0.3 is 0 Å². The summed E-state index contributed by atoms with van der Waals surface area (Å²) < 4.78 is 7.11. The van der Waals surface area contributed by atoms with E-state index in [1.165, 1.54) is 0 Å². The lowest BCUT2D eigenvalue weighted by atomic mass is 9.88. The van der Waals surface area contributed by atoms with Crippen LogP contribution < -0.4 is 4.74 Å². The molecule has 2 fully saturated rings. The molecule has 1 amide bonds. The molecule has 1 saturated carbocycles. The van der Waals surface area contributed by atoms with Gasteiger partial charge in [0.05, 0.1) is 25.6 Å². The van der Waals surface area contributed by atoms with Crippen molar-refractivity contribution in [3.63, 3.8) is 0 Å².